The Labute approximate surface area is 210 Å². The zero-order chi connectivity index (χ0) is 25.8. The SMILES string of the molecule is COc1ccc(OC[C@@H](O)Cn2c(N/N=C(\C)c3ccc(Cl)cc3)nc3c2c(=O)[nH]c(=O)n3C)cc1. The number of halogens is 1. The number of H-pyrrole nitrogens is 1. The van der Waals surface area contributed by atoms with Crippen LogP contribution in [0.15, 0.2) is 63.2 Å². The number of anilines is 1. The number of aromatic amines is 1. The summed E-state index contributed by atoms with van der Waals surface area (Å²) in [5, 5.41) is 15.7. The van der Waals surface area contributed by atoms with Crippen LogP contribution >= 0.6 is 11.6 Å². The highest BCUT2D eigenvalue weighted by Crippen LogP contribution is 2.19. The molecule has 0 spiro atoms. The Morgan fingerprint density at radius 2 is 1.83 bits per heavy atom. The normalized spacial score (nSPS) is 12.5. The number of nitrogens with one attached hydrogen (secondary N) is 2. The van der Waals surface area contributed by atoms with Crippen molar-refractivity contribution in [3.8, 4) is 11.5 Å². The summed E-state index contributed by atoms with van der Waals surface area (Å²) >= 11 is 5.96. The predicted molar refractivity (Wildman–Crippen MR) is 137 cm³/mol. The van der Waals surface area contributed by atoms with E-state index in [1.165, 1.54) is 16.2 Å². The number of aliphatic hydroxyl groups excluding tert-OH is 1. The first-order chi connectivity index (χ1) is 17.3. The maximum Gasteiger partial charge on any atom is 0.329 e. The van der Waals surface area contributed by atoms with E-state index >= 15 is 0 Å². The van der Waals surface area contributed by atoms with Gasteiger partial charge in [-0.25, -0.2) is 10.2 Å². The number of aliphatic hydroxyl groups is 1. The number of methoxy groups -OCH3 is 1. The van der Waals surface area contributed by atoms with Gasteiger partial charge in [-0.2, -0.15) is 10.1 Å². The minimum atomic E-state index is -1.01. The van der Waals surface area contributed by atoms with Gasteiger partial charge in [0, 0.05) is 12.1 Å². The smallest absolute Gasteiger partial charge is 0.329 e. The molecule has 36 heavy (non-hydrogen) atoms. The van der Waals surface area contributed by atoms with Crippen molar-refractivity contribution in [3.63, 3.8) is 0 Å². The molecule has 1 atom stereocenters. The van der Waals surface area contributed by atoms with E-state index < -0.39 is 17.4 Å². The molecule has 2 aromatic carbocycles. The maximum atomic E-state index is 12.7. The van der Waals surface area contributed by atoms with Crippen molar-refractivity contribution >= 4 is 34.4 Å². The van der Waals surface area contributed by atoms with Crippen molar-refractivity contribution < 1.29 is 14.6 Å². The standard InChI is InChI=1S/C24H25ClN6O5/c1-14(15-4-6-16(25)7-5-15)28-29-23-26-21-20(22(33)27-24(34)30(21)2)31(23)12-17(32)13-36-19-10-8-18(35-3)9-11-19/h4-11,17,32H,12-13H2,1-3H3,(H,26,29)(H,27,33,34)/b28-14+/t17-/m0/s1. The molecule has 0 saturated carbocycles. The van der Waals surface area contributed by atoms with Crippen molar-refractivity contribution in [1.29, 1.82) is 0 Å². The predicted octanol–water partition coefficient (Wildman–Crippen LogP) is 2.36. The summed E-state index contributed by atoms with van der Waals surface area (Å²) < 4.78 is 13.5. The molecule has 0 aliphatic heterocycles. The van der Waals surface area contributed by atoms with E-state index in [2.05, 4.69) is 20.5 Å². The van der Waals surface area contributed by atoms with Crippen LogP contribution in [0, 0.1) is 0 Å². The lowest BCUT2D eigenvalue weighted by molar-refractivity contribution is 0.0938. The Morgan fingerprint density at radius 1 is 1.17 bits per heavy atom. The molecule has 0 saturated heterocycles. The summed E-state index contributed by atoms with van der Waals surface area (Å²) in [4.78, 5) is 31.4. The number of hydrogen-bond acceptors (Lipinski definition) is 8. The highest BCUT2D eigenvalue weighted by molar-refractivity contribution is 6.30. The van der Waals surface area contributed by atoms with Crippen molar-refractivity contribution in [2.75, 3.05) is 19.1 Å². The number of ether oxygens (including phenoxy) is 2. The topological polar surface area (TPSA) is 136 Å². The summed E-state index contributed by atoms with van der Waals surface area (Å²) in [6, 6.07) is 14.1. The van der Waals surface area contributed by atoms with Gasteiger partial charge in [0.15, 0.2) is 11.2 Å². The van der Waals surface area contributed by atoms with Crippen LogP contribution in [0.25, 0.3) is 11.2 Å². The molecule has 0 fully saturated rings. The van der Waals surface area contributed by atoms with Gasteiger partial charge in [-0.3, -0.25) is 14.3 Å². The Morgan fingerprint density at radius 3 is 2.50 bits per heavy atom. The molecule has 11 nitrogen and oxygen atoms in total. The summed E-state index contributed by atoms with van der Waals surface area (Å²) in [5.74, 6) is 1.41. The lowest BCUT2D eigenvalue weighted by Gasteiger charge is -2.15. The van der Waals surface area contributed by atoms with Crippen LogP contribution in [-0.2, 0) is 13.6 Å². The zero-order valence-corrected chi connectivity index (χ0v) is 20.6. The second kappa shape index (κ2) is 10.7. The largest absolute Gasteiger partial charge is 0.497 e. The van der Waals surface area contributed by atoms with E-state index in [0.717, 1.165) is 5.56 Å². The van der Waals surface area contributed by atoms with Gasteiger partial charge in [0.2, 0.25) is 5.95 Å². The average molecular weight is 513 g/mol. The van der Waals surface area contributed by atoms with Gasteiger partial charge in [-0.1, -0.05) is 23.7 Å². The molecule has 3 N–H and O–H groups in total. The number of hydrogen-bond donors (Lipinski definition) is 3. The summed E-state index contributed by atoms with van der Waals surface area (Å²) in [7, 11) is 3.06. The first-order valence-electron chi connectivity index (χ1n) is 11.0. The summed E-state index contributed by atoms with van der Waals surface area (Å²) in [5.41, 5.74) is 3.34. The molecule has 0 bridgehead atoms. The Bertz CT molecular complexity index is 1510. The summed E-state index contributed by atoms with van der Waals surface area (Å²) in [6.45, 7) is 1.69. The third kappa shape index (κ3) is 5.42. The number of benzene rings is 2. The second-order valence-electron chi connectivity index (χ2n) is 7.99. The number of hydrazone groups is 1. The van der Waals surface area contributed by atoms with E-state index in [1.54, 1.807) is 50.4 Å². The molecule has 0 radical (unpaired) electrons. The second-order valence-corrected chi connectivity index (χ2v) is 8.43. The van der Waals surface area contributed by atoms with E-state index in [4.69, 9.17) is 21.1 Å². The molecule has 188 valence electrons. The maximum absolute atomic E-state index is 12.7. The third-order valence-corrected chi connectivity index (χ3v) is 5.74. The molecule has 2 aromatic heterocycles. The number of aromatic nitrogens is 4. The number of imidazole rings is 1. The minimum absolute atomic E-state index is 0.0498. The average Bonchev–Trinajstić information content (AvgIpc) is 3.24. The molecular weight excluding hydrogens is 488 g/mol. The highest BCUT2D eigenvalue weighted by Gasteiger charge is 2.20. The first kappa shape index (κ1) is 25.0. The first-order valence-corrected chi connectivity index (χ1v) is 11.4. The molecular formula is C24H25ClN6O5. The zero-order valence-electron chi connectivity index (χ0n) is 19.9. The molecule has 0 amide bonds. The molecule has 12 heteroatoms. The fourth-order valence-electron chi connectivity index (χ4n) is 3.51. The Hall–Kier alpha value is -4.09. The number of nitrogens with zero attached hydrogens (tertiary/aromatic N) is 4. The van der Waals surface area contributed by atoms with Crippen LogP contribution in [0.2, 0.25) is 5.02 Å². The van der Waals surface area contributed by atoms with Crippen LogP contribution in [0.4, 0.5) is 5.95 Å². The minimum Gasteiger partial charge on any atom is -0.497 e. The fourth-order valence-corrected chi connectivity index (χ4v) is 3.64. The highest BCUT2D eigenvalue weighted by atomic mass is 35.5. The van der Waals surface area contributed by atoms with E-state index in [9.17, 15) is 14.7 Å². The van der Waals surface area contributed by atoms with Crippen molar-refractivity contribution in [3.05, 3.63) is 80.0 Å². The van der Waals surface area contributed by atoms with Crippen LogP contribution < -0.4 is 26.1 Å². The van der Waals surface area contributed by atoms with E-state index in [1.807, 2.05) is 12.1 Å². The van der Waals surface area contributed by atoms with Gasteiger partial charge in [0.1, 0.15) is 24.2 Å². The quantitative estimate of drug-likeness (QED) is 0.231. The number of rotatable bonds is 9. The molecule has 4 aromatic rings. The molecule has 0 aliphatic rings. The monoisotopic (exact) mass is 512 g/mol. The molecule has 0 unspecified atom stereocenters. The van der Waals surface area contributed by atoms with Gasteiger partial charge in [-0.15, -0.1) is 0 Å². The van der Waals surface area contributed by atoms with Crippen LogP contribution in [0.5, 0.6) is 11.5 Å². The Balaban J connectivity index is 1.62. The van der Waals surface area contributed by atoms with Crippen LogP contribution in [0.1, 0.15) is 12.5 Å². The molecule has 2 heterocycles. The van der Waals surface area contributed by atoms with Gasteiger partial charge >= 0.3 is 5.69 Å². The number of fused-ring (bicyclic) bond motifs is 1. The third-order valence-electron chi connectivity index (χ3n) is 5.49. The molecule has 4 rings (SSSR count). The lowest BCUT2D eigenvalue weighted by Crippen LogP contribution is -2.30. The van der Waals surface area contributed by atoms with E-state index in [0.29, 0.717) is 22.2 Å². The fraction of sp³-hybridized carbons (Fsp3) is 0.250. The van der Waals surface area contributed by atoms with Crippen LogP contribution in [-0.4, -0.2) is 49.7 Å². The van der Waals surface area contributed by atoms with Gasteiger partial charge in [-0.05, 0) is 48.9 Å². The summed E-state index contributed by atoms with van der Waals surface area (Å²) in [6.07, 6.45) is -1.01. The van der Waals surface area contributed by atoms with Crippen LogP contribution in [0.3, 0.4) is 0 Å². The number of aryl methyl sites for hydroxylation is 1. The van der Waals surface area contributed by atoms with Crippen molar-refractivity contribution in [1.82, 2.24) is 19.1 Å². The van der Waals surface area contributed by atoms with Gasteiger partial charge < -0.3 is 19.1 Å². The van der Waals surface area contributed by atoms with Gasteiger partial charge in [0.05, 0.1) is 19.4 Å². The Kier molecular flexibility index (Phi) is 7.41. The van der Waals surface area contributed by atoms with Gasteiger partial charge in [0.25, 0.3) is 5.56 Å². The van der Waals surface area contributed by atoms with Crippen molar-refractivity contribution in [2.24, 2.45) is 12.1 Å². The van der Waals surface area contributed by atoms with E-state index in [-0.39, 0.29) is 30.3 Å². The van der Waals surface area contributed by atoms with Crippen molar-refractivity contribution in [2.45, 2.75) is 19.6 Å². The molecule has 0 aliphatic carbocycles. The lowest BCUT2D eigenvalue weighted by atomic mass is 10.1.